The summed E-state index contributed by atoms with van der Waals surface area (Å²) >= 11 is 0. The fourth-order valence-corrected chi connectivity index (χ4v) is 3.05. The minimum absolute atomic E-state index is 0.219. The molecule has 0 saturated carbocycles. The zero-order chi connectivity index (χ0) is 16.8. The largest absolute Gasteiger partial charge is 0.497 e. The van der Waals surface area contributed by atoms with Gasteiger partial charge in [-0.25, -0.2) is 0 Å². The summed E-state index contributed by atoms with van der Waals surface area (Å²) in [7, 11) is 1.67. The minimum Gasteiger partial charge on any atom is -0.497 e. The highest BCUT2D eigenvalue weighted by atomic mass is 16.5. The van der Waals surface area contributed by atoms with Crippen LogP contribution < -0.4 is 4.74 Å². The molecule has 1 saturated heterocycles. The monoisotopic (exact) mass is 325 g/mol. The van der Waals surface area contributed by atoms with Gasteiger partial charge in [0.15, 0.2) is 0 Å². The molecule has 2 aromatic rings. The molecule has 0 amide bonds. The molecule has 0 unspecified atom stereocenters. The van der Waals surface area contributed by atoms with Crippen LogP contribution in [-0.4, -0.2) is 52.8 Å². The number of nitrogens with zero attached hydrogens (tertiary/aromatic N) is 3. The SMILES string of the molecule is COc1ccc(/C=C/CN2C[C@@H](Cc3cnccn3)[C@H](O)C2)cc1. The van der Waals surface area contributed by atoms with Crippen LogP contribution in [0.1, 0.15) is 11.3 Å². The standard InChI is InChI=1S/C19H23N3O2/c1-24-18-6-4-15(5-7-18)3-2-10-22-13-16(19(23)14-22)11-17-12-20-8-9-21-17/h2-9,12,16,19,23H,10-11,13-14H2,1H3/b3-2+/t16-,19-/m1/s1. The lowest BCUT2D eigenvalue weighted by Gasteiger charge is -2.13. The van der Waals surface area contributed by atoms with Crippen molar-refractivity contribution < 1.29 is 9.84 Å². The number of methoxy groups -OCH3 is 1. The second-order valence-electron chi connectivity index (χ2n) is 6.12. The molecule has 0 bridgehead atoms. The molecule has 1 aromatic heterocycles. The molecule has 2 heterocycles. The van der Waals surface area contributed by atoms with Crippen molar-refractivity contribution in [3.05, 3.63) is 60.2 Å². The van der Waals surface area contributed by atoms with E-state index in [1.54, 1.807) is 25.7 Å². The van der Waals surface area contributed by atoms with Crippen LogP contribution in [0.4, 0.5) is 0 Å². The molecule has 1 fully saturated rings. The molecule has 0 spiro atoms. The van der Waals surface area contributed by atoms with Gasteiger partial charge in [-0.15, -0.1) is 0 Å². The Morgan fingerprint density at radius 2 is 2.08 bits per heavy atom. The Balaban J connectivity index is 1.50. The van der Waals surface area contributed by atoms with Crippen LogP contribution in [0.3, 0.4) is 0 Å². The first-order valence-electron chi connectivity index (χ1n) is 8.20. The van der Waals surface area contributed by atoms with Gasteiger partial charge in [0.25, 0.3) is 0 Å². The quantitative estimate of drug-likeness (QED) is 0.881. The predicted molar refractivity (Wildman–Crippen MR) is 93.7 cm³/mol. The number of benzene rings is 1. The highest BCUT2D eigenvalue weighted by Crippen LogP contribution is 2.20. The van der Waals surface area contributed by atoms with Crippen LogP contribution in [0.2, 0.25) is 0 Å². The molecule has 2 atom stereocenters. The lowest BCUT2D eigenvalue weighted by Crippen LogP contribution is -2.21. The molecule has 1 aliphatic rings. The van der Waals surface area contributed by atoms with E-state index in [1.165, 1.54) is 0 Å². The molecule has 1 N–H and O–H groups in total. The third-order valence-electron chi connectivity index (χ3n) is 4.36. The number of ether oxygens (including phenoxy) is 1. The first-order valence-corrected chi connectivity index (χ1v) is 8.20. The summed E-state index contributed by atoms with van der Waals surface area (Å²) in [5, 5.41) is 10.3. The van der Waals surface area contributed by atoms with Gasteiger partial charge in [0.2, 0.25) is 0 Å². The second-order valence-corrected chi connectivity index (χ2v) is 6.12. The normalized spacial score (nSPS) is 21.4. The first kappa shape index (κ1) is 16.6. The van der Waals surface area contributed by atoms with Crippen LogP contribution in [0.25, 0.3) is 6.08 Å². The van der Waals surface area contributed by atoms with E-state index in [4.69, 9.17) is 4.74 Å². The molecule has 0 aliphatic carbocycles. The number of β-amino-alcohol motifs (C(OH)–C–C–N with tert-alkyl or cyclic N) is 1. The molecular weight excluding hydrogens is 302 g/mol. The van der Waals surface area contributed by atoms with E-state index in [-0.39, 0.29) is 12.0 Å². The molecule has 5 nitrogen and oxygen atoms in total. The Labute approximate surface area is 142 Å². The fraction of sp³-hybridized carbons (Fsp3) is 0.368. The van der Waals surface area contributed by atoms with E-state index in [0.717, 1.165) is 36.5 Å². The predicted octanol–water partition coefficient (Wildman–Crippen LogP) is 2.03. The average Bonchev–Trinajstić information content (AvgIpc) is 2.96. The van der Waals surface area contributed by atoms with E-state index in [2.05, 4.69) is 27.0 Å². The van der Waals surface area contributed by atoms with Crippen molar-refractivity contribution >= 4 is 6.08 Å². The van der Waals surface area contributed by atoms with Gasteiger partial charge < -0.3 is 9.84 Å². The van der Waals surface area contributed by atoms with Gasteiger partial charge in [0, 0.05) is 44.1 Å². The zero-order valence-corrected chi connectivity index (χ0v) is 13.9. The van der Waals surface area contributed by atoms with Crippen LogP contribution in [0.15, 0.2) is 48.9 Å². The lowest BCUT2D eigenvalue weighted by atomic mass is 10.0. The molecular formula is C19H23N3O2. The van der Waals surface area contributed by atoms with Crippen molar-refractivity contribution in [2.24, 2.45) is 5.92 Å². The smallest absolute Gasteiger partial charge is 0.118 e. The number of aliphatic hydroxyl groups excluding tert-OH is 1. The van der Waals surface area contributed by atoms with Gasteiger partial charge in [-0.05, 0) is 24.1 Å². The molecule has 0 radical (unpaired) electrons. The van der Waals surface area contributed by atoms with E-state index in [9.17, 15) is 5.11 Å². The summed E-state index contributed by atoms with van der Waals surface area (Å²) in [6, 6.07) is 7.97. The maximum absolute atomic E-state index is 10.3. The summed E-state index contributed by atoms with van der Waals surface area (Å²) in [4.78, 5) is 10.7. The number of likely N-dealkylation sites (tertiary alicyclic amines) is 1. The fourth-order valence-electron chi connectivity index (χ4n) is 3.05. The van der Waals surface area contributed by atoms with Crippen LogP contribution in [-0.2, 0) is 6.42 Å². The van der Waals surface area contributed by atoms with Crippen LogP contribution >= 0.6 is 0 Å². The first-order chi connectivity index (χ1) is 11.7. The van der Waals surface area contributed by atoms with Crippen molar-refractivity contribution in [3.63, 3.8) is 0 Å². The molecule has 3 rings (SSSR count). The van der Waals surface area contributed by atoms with Gasteiger partial charge in [-0.3, -0.25) is 14.9 Å². The van der Waals surface area contributed by atoms with Crippen molar-refractivity contribution in [2.45, 2.75) is 12.5 Å². The summed E-state index contributed by atoms with van der Waals surface area (Å²) in [6.07, 6.45) is 9.85. The highest BCUT2D eigenvalue weighted by Gasteiger charge is 2.30. The third kappa shape index (κ3) is 4.40. The van der Waals surface area contributed by atoms with Gasteiger partial charge in [-0.1, -0.05) is 24.3 Å². The summed E-state index contributed by atoms with van der Waals surface area (Å²) in [5.74, 6) is 1.08. The van der Waals surface area contributed by atoms with Crippen LogP contribution in [0.5, 0.6) is 5.75 Å². The number of rotatable bonds is 6. The zero-order valence-electron chi connectivity index (χ0n) is 13.9. The summed E-state index contributed by atoms with van der Waals surface area (Å²) < 4.78 is 5.16. The van der Waals surface area contributed by atoms with Crippen molar-refractivity contribution in [1.29, 1.82) is 0 Å². The van der Waals surface area contributed by atoms with Gasteiger partial charge in [-0.2, -0.15) is 0 Å². The highest BCUT2D eigenvalue weighted by molar-refractivity contribution is 5.50. The van der Waals surface area contributed by atoms with E-state index in [0.29, 0.717) is 6.54 Å². The Bertz CT molecular complexity index is 658. The summed E-state index contributed by atoms with van der Waals surface area (Å²) in [6.45, 7) is 2.42. The van der Waals surface area contributed by atoms with E-state index >= 15 is 0 Å². The van der Waals surface area contributed by atoms with Crippen molar-refractivity contribution in [2.75, 3.05) is 26.7 Å². The Hall–Kier alpha value is -2.24. The molecule has 5 heteroatoms. The van der Waals surface area contributed by atoms with E-state index in [1.807, 2.05) is 24.3 Å². The number of aliphatic hydroxyl groups is 1. The molecule has 1 aliphatic heterocycles. The third-order valence-corrected chi connectivity index (χ3v) is 4.36. The Morgan fingerprint density at radius 1 is 1.25 bits per heavy atom. The maximum atomic E-state index is 10.3. The average molecular weight is 325 g/mol. The molecule has 24 heavy (non-hydrogen) atoms. The molecule has 1 aromatic carbocycles. The molecule has 126 valence electrons. The lowest BCUT2D eigenvalue weighted by molar-refractivity contribution is 0.142. The Morgan fingerprint density at radius 3 is 2.79 bits per heavy atom. The van der Waals surface area contributed by atoms with Gasteiger partial charge in [0.1, 0.15) is 5.75 Å². The Kier molecular flexibility index (Phi) is 5.56. The van der Waals surface area contributed by atoms with Crippen molar-refractivity contribution in [1.82, 2.24) is 14.9 Å². The number of aromatic nitrogens is 2. The summed E-state index contributed by atoms with van der Waals surface area (Å²) in [5.41, 5.74) is 2.09. The maximum Gasteiger partial charge on any atom is 0.118 e. The van der Waals surface area contributed by atoms with Gasteiger partial charge in [0.05, 0.1) is 18.9 Å². The van der Waals surface area contributed by atoms with Crippen LogP contribution in [0, 0.1) is 5.92 Å². The number of hydrogen-bond acceptors (Lipinski definition) is 5. The number of hydrogen-bond donors (Lipinski definition) is 1. The topological polar surface area (TPSA) is 58.5 Å². The minimum atomic E-state index is -0.304. The van der Waals surface area contributed by atoms with Crippen molar-refractivity contribution in [3.8, 4) is 5.75 Å². The van der Waals surface area contributed by atoms with Gasteiger partial charge >= 0.3 is 0 Å². The van der Waals surface area contributed by atoms with E-state index < -0.39 is 0 Å². The second kappa shape index (κ2) is 8.04.